The normalized spacial score (nSPS) is 14.3. The van der Waals surface area contributed by atoms with Crippen LogP contribution in [0.5, 0.6) is 0 Å². The Morgan fingerprint density at radius 1 is 0.700 bits per heavy atom. The molecule has 0 radical (unpaired) electrons. The molecule has 11 heteroatoms. The molecular weight excluding hydrogens is 636 g/mol. The second-order valence-electron chi connectivity index (χ2n) is 15.7. The molecule has 2 aromatic rings. The first kappa shape index (κ1) is 42.0. The minimum Gasteiger partial charge on any atom is -0.458 e. The van der Waals surface area contributed by atoms with Gasteiger partial charge in [0.05, 0.1) is 18.7 Å². The van der Waals surface area contributed by atoms with Gasteiger partial charge in [0.15, 0.2) is 0 Å². The molecule has 0 unspecified atom stereocenters. The fourth-order valence-electron chi connectivity index (χ4n) is 5.26. The van der Waals surface area contributed by atoms with E-state index in [9.17, 15) is 24.3 Å². The van der Waals surface area contributed by atoms with Crippen LogP contribution in [-0.4, -0.2) is 76.0 Å². The number of carbonyl (C=O) groups is 4. The van der Waals surface area contributed by atoms with Gasteiger partial charge in [-0.15, -0.1) is 0 Å². The van der Waals surface area contributed by atoms with Gasteiger partial charge < -0.3 is 35.4 Å². The molecule has 0 saturated carbocycles. The Morgan fingerprint density at radius 3 is 1.70 bits per heavy atom. The molecule has 50 heavy (non-hydrogen) atoms. The number of benzene rings is 2. The van der Waals surface area contributed by atoms with Gasteiger partial charge in [-0.2, -0.15) is 0 Å². The summed E-state index contributed by atoms with van der Waals surface area (Å²) in [4.78, 5) is 55.2. The molecule has 0 bridgehead atoms. The van der Waals surface area contributed by atoms with Crippen molar-refractivity contribution in [1.29, 1.82) is 0 Å². The Balaban J connectivity index is 2.38. The first-order valence-electron chi connectivity index (χ1n) is 17.6. The number of rotatable bonds is 16. The van der Waals surface area contributed by atoms with Crippen molar-refractivity contribution in [2.24, 2.45) is 11.8 Å². The van der Waals surface area contributed by atoms with Gasteiger partial charge in [0.25, 0.3) is 0 Å². The average molecular weight is 697 g/mol. The van der Waals surface area contributed by atoms with Crippen molar-refractivity contribution >= 4 is 24.0 Å². The number of urea groups is 1. The number of ether oxygens (including phenoxy) is 2. The number of aliphatic hydroxyl groups is 1. The third-order valence-electron chi connectivity index (χ3n) is 7.41. The molecule has 2 rings (SSSR count). The molecular formula is C39H60N4O7. The van der Waals surface area contributed by atoms with Crippen LogP contribution in [0.3, 0.4) is 0 Å². The lowest BCUT2D eigenvalue weighted by molar-refractivity contribution is -0.159. The Bertz CT molecular complexity index is 1350. The number of nitrogens with zero attached hydrogens (tertiary/aromatic N) is 1. The maximum atomic E-state index is 14.1. The van der Waals surface area contributed by atoms with Gasteiger partial charge in [-0.3, -0.25) is 4.79 Å². The molecule has 0 heterocycles. The first-order valence-corrected chi connectivity index (χ1v) is 17.6. The monoisotopic (exact) mass is 696 g/mol. The van der Waals surface area contributed by atoms with E-state index in [1.54, 1.807) is 41.5 Å². The fourth-order valence-corrected chi connectivity index (χ4v) is 5.26. The molecule has 0 aromatic heterocycles. The van der Waals surface area contributed by atoms with Crippen molar-refractivity contribution in [3.8, 4) is 0 Å². The molecule has 11 nitrogen and oxygen atoms in total. The minimum atomic E-state index is -1.21. The summed E-state index contributed by atoms with van der Waals surface area (Å²) in [6.07, 6.45) is -0.951. The number of nitrogens with one attached hydrogen (secondary N) is 3. The SMILES string of the molecule is CC(C)C[C@H](NC(=O)N(Cc1ccccc1)C[C@@H](O)[C@H](Cc1ccccc1)NC(=O)OC(C)(C)C)C(=O)N[C@@H](CC(C)C)C(=O)OC(C)(C)C. The fraction of sp³-hybridized carbons (Fsp3) is 0.590. The highest BCUT2D eigenvalue weighted by Crippen LogP contribution is 2.16. The van der Waals surface area contributed by atoms with Gasteiger partial charge >= 0.3 is 18.1 Å². The minimum absolute atomic E-state index is 0.0255. The summed E-state index contributed by atoms with van der Waals surface area (Å²) in [6, 6.07) is 15.4. The number of hydrogen-bond acceptors (Lipinski definition) is 7. The summed E-state index contributed by atoms with van der Waals surface area (Å²) in [5.74, 6) is -0.924. The van der Waals surface area contributed by atoms with Crippen LogP contribution in [0.15, 0.2) is 60.7 Å². The zero-order valence-corrected chi connectivity index (χ0v) is 31.6. The Hall–Kier alpha value is -4.12. The zero-order valence-electron chi connectivity index (χ0n) is 31.6. The number of hydrogen-bond donors (Lipinski definition) is 4. The van der Waals surface area contributed by atoms with E-state index < -0.39 is 59.4 Å². The summed E-state index contributed by atoms with van der Waals surface area (Å²) >= 11 is 0. The van der Waals surface area contributed by atoms with Crippen LogP contribution in [-0.2, 0) is 32.0 Å². The van der Waals surface area contributed by atoms with Crippen LogP contribution in [0.1, 0.15) is 93.2 Å². The van der Waals surface area contributed by atoms with E-state index in [0.29, 0.717) is 12.8 Å². The summed E-state index contributed by atoms with van der Waals surface area (Å²) < 4.78 is 11.1. The molecule has 0 fully saturated rings. The maximum absolute atomic E-state index is 14.1. The summed E-state index contributed by atoms with van der Waals surface area (Å²) in [5.41, 5.74) is 0.190. The van der Waals surface area contributed by atoms with Crippen molar-refractivity contribution < 1.29 is 33.8 Å². The number of esters is 1. The van der Waals surface area contributed by atoms with Crippen molar-refractivity contribution in [3.63, 3.8) is 0 Å². The van der Waals surface area contributed by atoms with E-state index in [4.69, 9.17) is 9.47 Å². The zero-order chi connectivity index (χ0) is 37.6. The van der Waals surface area contributed by atoms with E-state index in [1.807, 2.05) is 88.4 Å². The molecule has 0 aliphatic heterocycles. The van der Waals surface area contributed by atoms with Gasteiger partial charge in [0.2, 0.25) is 5.91 Å². The number of amides is 4. The Morgan fingerprint density at radius 2 is 1.20 bits per heavy atom. The molecule has 4 atom stereocenters. The van der Waals surface area contributed by atoms with E-state index >= 15 is 0 Å². The predicted molar refractivity (Wildman–Crippen MR) is 195 cm³/mol. The molecule has 0 aliphatic carbocycles. The van der Waals surface area contributed by atoms with E-state index in [2.05, 4.69) is 16.0 Å². The highest BCUT2D eigenvalue weighted by molar-refractivity contribution is 5.90. The van der Waals surface area contributed by atoms with Crippen LogP contribution in [0, 0.1) is 11.8 Å². The quantitative estimate of drug-likeness (QED) is 0.158. The van der Waals surface area contributed by atoms with Crippen LogP contribution in [0.4, 0.5) is 9.59 Å². The maximum Gasteiger partial charge on any atom is 0.407 e. The molecule has 4 N–H and O–H groups in total. The van der Waals surface area contributed by atoms with Crippen LogP contribution < -0.4 is 16.0 Å². The van der Waals surface area contributed by atoms with E-state index in [0.717, 1.165) is 11.1 Å². The van der Waals surface area contributed by atoms with Crippen LogP contribution in [0.25, 0.3) is 0 Å². The second-order valence-corrected chi connectivity index (χ2v) is 15.7. The van der Waals surface area contributed by atoms with E-state index in [-0.39, 0.29) is 31.3 Å². The lowest BCUT2D eigenvalue weighted by Gasteiger charge is -2.32. The molecule has 278 valence electrons. The molecule has 2 aromatic carbocycles. The van der Waals surface area contributed by atoms with Gasteiger partial charge in [-0.1, -0.05) is 88.4 Å². The highest BCUT2D eigenvalue weighted by Gasteiger charge is 2.33. The summed E-state index contributed by atoms with van der Waals surface area (Å²) in [7, 11) is 0. The first-order chi connectivity index (χ1) is 23.2. The van der Waals surface area contributed by atoms with Crippen LogP contribution >= 0.6 is 0 Å². The van der Waals surface area contributed by atoms with Gasteiger partial charge in [0.1, 0.15) is 23.3 Å². The smallest absolute Gasteiger partial charge is 0.407 e. The predicted octanol–water partition coefficient (Wildman–Crippen LogP) is 5.98. The lowest BCUT2D eigenvalue weighted by atomic mass is 10.00. The summed E-state index contributed by atoms with van der Waals surface area (Å²) in [6.45, 7) is 18.3. The van der Waals surface area contributed by atoms with Gasteiger partial charge in [0, 0.05) is 6.54 Å². The van der Waals surface area contributed by atoms with Gasteiger partial charge in [-0.25, -0.2) is 14.4 Å². The summed E-state index contributed by atoms with van der Waals surface area (Å²) in [5, 5.41) is 20.2. The average Bonchev–Trinajstić information content (AvgIpc) is 2.98. The molecule has 0 aliphatic rings. The van der Waals surface area contributed by atoms with Crippen molar-refractivity contribution in [1.82, 2.24) is 20.9 Å². The largest absolute Gasteiger partial charge is 0.458 e. The second kappa shape index (κ2) is 19.3. The number of aliphatic hydroxyl groups excluding tert-OH is 1. The molecule has 4 amide bonds. The van der Waals surface area contributed by atoms with Crippen molar-refractivity contribution in [3.05, 3.63) is 71.8 Å². The Labute approximate surface area is 298 Å². The standard InChI is InChI=1S/C39H60N4O7/c1-26(2)21-31(34(45)40-32(22-27(3)4)35(46)49-38(5,6)7)41-36(47)43(24-29-19-15-12-16-20-29)25-33(44)30(23-28-17-13-11-14-18-28)42-37(48)50-39(8,9)10/h11-20,26-27,30-33,44H,21-25H2,1-10H3,(H,40,45)(H,41,47)(H,42,48)/t30-,31-,32-,33+/m0/s1. The highest BCUT2D eigenvalue weighted by atomic mass is 16.6. The molecule has 0 saturated heterocycles. The van der Waals surface area contributed by atoms with Crippen LogP contribution in [0.2, 0.25) is 0 Å². The third-order valence-corrected chi connectivity index (χ3v) is 7.41. The van der Waals surface area contributed by atoms with Gasteiger partial charge in [-0.05, 0) is 83.8 Å². The van der Waals surface area contributed by atoms with Crippen molar-refractivity contribution in [2.75, 3.05) is 6.54 Å². The topological polar surface area (TPSA) is 146 Å². The lowest BCUT2D eigenvalue weighted by Crippen LogP contribution is -2.57. The third kappa shape index (κ3) is 16.5. The molecule has 0 spiro atoms. The Kier molecular flexibility index (Phi) is 16.2. The number of carbonyl (C=O) groups excluding carboxylic acids is 4. The van der Waals surface area contributed by atoms with Crippen molar-refractivity contribution in [2.45, 2.75) is 130 Å². The number of alkyl carbamates (subject to hydrolysis) is 1. The van der Waals surface area contributed by atoms with E-state index in [1.165, 1.54) is 4.90 Å².